The van der Waals surface area contributed by atoms with Crippen LogP contribution in [0.2, 0.25) is 0 Å². The van der Waals surface area contributed by atoms with Crippen molar-refractivity contribution >= 4 is 17.9 Å². The highest BCUT2D eigenvalue weighted by molar-refractivity contribution is 5.70. The largest absolute Gasteiger partial charge is 0.545 e. The molecule has 9 nitrogen and oxygen atoms in total. The number of aliphatic carboxylic acids is 1. The van der Waals surface area contributed by atoms with Gasteiger partial charge in [-0.15, -0.1) is 0 Å². The van der Waals surface area contributed by atoms with E-state index in [1.807, 2.05) is 21.1 Å². The normalized spacial score (nSPS) is 13.6. The summed E-state index contributed by atoms with van der Waals surface area (Å²) in [5.74, 6) is -2.30. The molecule has 2 atom stereocenters. The standard InChI is InChI=1S/C74H123NO8/c1-6-8-10-12-14-16-18-20-22-24-26-28-30-32-34-35-36-37-39-41-43-45-47-49-51-53-55-57-59-61-63-65-72(77)83-70(69-82-74(73(78)79)80-67-66-75(3,4)5)68-81-71(76)64-62-60-58-56-54-52-50-48-46-44-42-40-38-33-31-29-27-25-23-21-19-17-15-13-11-9-7-2/h8-11,14-17,20-23,26-29,32,34,36-37,41,43,70,74H,6-7,12-13,18-19,24-25,30-31,33,35,38-40,42,44-69H2,1-5H3/b10-8-,11-9-,16-14-,17-15-,22-20-,23-21-,28-26-,29-27-,34-32-,37-36-,43-41-. The first-order chi connectivity index (χ1) is 40.6. The zero-order chi connectivity index (χ0) is 60.5. The Hall–Kier alpha value is -4.57. The first kappa shape index (κ1) is 78.4. The van der Waals surface area contributed by atoms with Gasteiger partial charge in [0.25, 0.3) is 0 Å². The molecule has 0 bridgehead atoms. The number of ether oxygens (including phenoxy) is 4. The Bertz CT molecular complexity index is 1820. The van der Waals surface area contributed by atoms with Gasteiger partial charge in [-0.1, -0.05) is 270 Å². The van der Waals surface area contributed by atoms with E-state index in [1.54, 1.807) is 0 Å². The van der Waals surface area contributed by atoms with E-state index in [0.29, 0.717) is 17.4 Å². The number of nitrogens with zero attached hydrogens (tertiary/aromatic N) is 1. The van der Waals surface area contributed by atoms with Gasteiger partial charge in [-0.05, 0) is 109 Å². The molecule has 0 aromatic rings. The minimum atomic E-state index is -1.63. The van der Waals surface area contributed by atoms with Crippen molar-refractivity contribution in [3.05, 3.63) is 134 Å². The second-order valence-electron chi connectivity index (χ2n) is 23.0. The summed E-state index contributed by atoms with van der Waals surface area (Å²) in [5.41, 5.74) is 0. The Morgan fingerprint density at radius 1 is 0.361 bits per heavy atom. The van der Waals surface area contributed by atoms with E-state index < -0.39 is 24.3 Å². The van der Waals surface area contributed by atoms with Crippen LogP contribution in [0.4, 0.5) is 0 Å². The molecule has 9 heteroatoms. The Morgan fingerprint density at radius 3 is 0.964 bits per heavy atom. The summed E-state index contributed by atoms with van der Waals surface area (Å²) in [6.07, 6.45) is 88.0. The molecule has 0 aliphatic rings. The number of allylic oxidation sites excluding steroid dienone is 22. The number of rotatable bonds is 60. The van der Waals surface area contributed by atoms with Crippen molar-refractivity contribution in [1.29, 1.82) is 0 Å². The first-order valence-corrected chi connectivity index (χ1v) is 33.3. The minimum Gasteiger partial charge on any atom is -0.545 e. The summed E-state index contributed by atoms with van der Waals surface area (Å²) in [5, 5.41) is 11.8. The maximum atomic E-state index is 12.9. The van der Waals surface area contributed by atoms with Gasteiger partial charge in [-0.3, -0.25) is 9.59 Å². The molecule has 0 saturated carbocycles. The van der Waals surface area contributed by atoms with Crippen LogP contribution in [0.3, 0.4) is 0 Å². The molecule has 0 aliphatic heterocycles. The molecule has 0 heterocycles. The van der Waals surface area contributed by atoms with Crippen molar-refractivity contribution in [3.8, 4) is 0 Å². The molecule has 0 aliphatic carbocycles. The van der Waals surface area contributed by atoms with Crippen molar-refractivity contribution in [2.45, 2.75) is 270 Å². The van der Waals surface area contributed by atoms with Crippen molar-refractivity contribution in [2.75, 3.05) is 47.5 Å². The topological polar surface area (TPSA) is 111 Å². The maximum absolute atomic E-state index is 12.9. The molecule has 0 aromatic carbocycles. The van der Waals surface area contributed by atoms with E-state index in [-0.39, 0.29) is 38.6 Å². The molecule has 0 radical (unpaired) electrons. The number of hydrogen-bond donors (Lipinski definition) is 0. The average molecular weight is 1150 g/mol. The van der Waals surface area contributed by atoms with Gasteiger partial charge in [0.1, 0.15) is 13.2 Å². The van der Waals surface area contributed by atoms with Crippen LogP contribution in [-0.4, -0.2) is 82.3 Å². The smallest absolute Gasteiger partial charge is 0.306 e. The third kappa shape index (κ3) is 64.8. The lowest BCUT2D eigenvalue weighted by molar-refractivity contribution is -0.870. The van der Waals surface area contributed by atoms with E-state index in [1.165, 1.54) is 109 Å². The Balaban J connectivity index is 4.20. The fraction of sp³-hybridized carbons (Fsp3) is 0.662. The fourth-order valence-corrected chi connectivity index (χ4v) is 8.86. The number of quaternary nitrogens is 1. The number of carbonyl (C=O) groups excluding carboxylic acids is 3. The number of carboxylic acid groups (broad SMARTS) is 1. The Kier molecular flexibility index (Phi) is 60.0. The molecule has 472 valence electrons. The minimum absolute atomic E-state index is 0.140. The number of unbranched alkanes of at least 4 members (excludes halogenated alkanes) is 23. The van der Waals surface area contributed by atoms with E-state index in [9.17, 15) is 19.5 Å². The van der Waals surface area contributed by atoms with Crippen LogP contribution in [0.1, 0.15) is 258 Å². The van der Waals surface area contributed by atoms with E-state index in [0.717, 1.165) is 116 Å². The van der Waals surface area contributed by atoms with Crippen LogP contribution < -0.4 is 5.11 Å². The molecule has 0 rings (SSSR count). The van der Waals surface area contributed by atoms with Crippen molar-refractivity contribution in [3.63, 3.8) is 0 Å². The van der Waals surface area contributed by atoms with Crippen LogP contribution in [0.15, 0.2) is 134 Å². The summed E-state index contributed by atoms with van der Waals surface area (Å²) >= 11 is 0. The van der Waals surface area contributed by atoms with Gasteiger partial charge in [0.15, 0.2) is 12.4 Å². The molecule has 0 spiro atoms. The molecule has 83 heavy (non-hydrogen) atoms. The van der Waals surface area contributed by atoms with Crippen LogP contribution in [-0.2, 0) is 33.3 Å². The highest BCUT2D eigenvalue weighted by Crippen LogP contribution is 2.16. The van der Waals surface area contributed by atoms with E-state index in [4.69, 9.17) is 18.9 Å². The summed E-state index contributed by atoms with van der Waals surface area (Å²) in [6.45, 7) is 4.52. The highest BCUT2D eigenvalue weighted by atomic mass is 16.7. The van der Waals surface area contributed by atoms with Gasteiger partial charge in [0.05, 0.1) is 40.3 Å². The third-order valence-electron chi connectivity index (χ3n) is 13.9. The van der Waals surface area contributed by atoms with Crippen LogP contribution in [0.5, 0.6) is 0 Å². The molecular formula is C74H123NO8. The second-order valence-corrected chi connectivity index (χ2v) is 23.0. The zero-order valence-corrected chi connectivity index (χ0v) is 53.8. The molecule has 0 fully saturated rings. The molecule has 0 amide bonds. The second kappa shape index (κ2) is 63.5. The van der Waals surface area contributed by atoms with Gasteiger partial charge >= 0.3 is 11.9 Å². The highest BCUT2D eigenvalue weighted by Gasteiger charge is 2.22. The first-order valence-electron chi connectivity index (χ1n) is 33.3. The van der Waals surface area contributed by atoms with E-state index in [2.05, 4.69) is 148 Å². The molecule has 0 saturated heterocycles. The van der Waals surface area contributed by atoms with E-state index >= 15 is 0 Å². The zero-order valence-electron chi connectivity index (χ0n) is 53.8. The van der Waals surface area contributed by atoms with Gasteiger partial charge in [0.2, 0.25) is 0 Å². The Morgan fingerprint density at radius 2 is 0.651 bits per heavy atom. The average Bonchev–Trinajstić information content (AvgIpc) is 3.46. The maximum Gasteiger partial charge on any atom is 0.306 e. The van der Waals surface area contributed by atoms with Gasteiger partial charge < -0.3 is 33.3 Å². The predicted molar refractivity (Wildman–Crippen MR) is 352 cm³/mol. The lowest BCUT2D eigenvalue weighted by atomic mass is 10.0. The fourth-order valence-electron chi connectivity index (χ4n) is 8.86. The van der Waals surface area contributed by atoms with Crippen molar-refractivity contribution < 1.29 is 42.9 Å². The number of likely N-dealkylation sites (N-methyl/N-ethyl adjacent to an activating group) is 1. The number of hydrogen-bond acceptors (Lipinski definition) is 8. The van der Waals surface area contributed by atoms with Crippen LogP contribution in [0.25, 0.3) is 0 Å². The quantitative estimate of drug-likeness (QED) is 0.0195. The number of carbonyl (C=O) groups is 3. The van der Waals surface area contributed by atoms with Gasteiger partial charge in [-0.2, -0.15) is 0 Å². The molecule has 2 unspecified atom stereocenters. The molecular weight excluding hydrogens is 1030 g/mol. The summed E-state index contributed by atoms with van der Waals surface area (Å²) < 4.78 is 22.8. The van der Waals surface area contributed by atoms with Crippen molar-refractivity contribution in [1.82, 2.24) is 0 Å². The summed E-state index contributed by atoms with van der Waals surface area (Å²) in [7, 11) is 5.92. The monoisotopic (exact) mass is 1150 g/mol. The lowest BCUT2D eigenvalue weighted by Gasteiger charge is -2.26. The summed E-state index contributed by atoms with van der Waals surface area (Å²) in [4.78, 5) is 37.5. The third-order valence-corrected chi connectivity index (χ3v) is 13.9. The van der Waals surface area contributed by atoms with Crippen LogP contribution >= 0.6 is 0 Å². The predicted octanol–water partition coefficient (Wildman–Crippen LogP) is 19.2. The Labute approximate surface area is 509 Å². The van der Waals surface area contributed by atoms with Crippen molar-refractivity contribution in [2.24, 2.45) is 0 Å². The number of esters is 2. The van der Waals surface area contributed by atoms with Gasteiger partial charge in [-0.25, -0.2) is 0 Å². The molecule has 0 aromatic heterocycles. The van der Waals surface area contributed by atoms with Crippen LogP contribution in [0, 0.1) is 0 Å². The summed E-state index contributed by atoms with van der Waals surface area (Å²) in [6, 6.07) is 0. The lowest BCUT2D eigenvalue weighted by Crippen LogP contribution is -2.44. The SMILES string of the molecule is CC/C=C\C/C=C\C/C=C\C/C=C\C/C=C\C/C=C\C/C=C\CCCCCCCCCCCC(=O)OC(COC(=O)CCCCCCCCCCCCCCCC/C=C\C/C=C\C/C=C\C/C=C\CC)COC(OCC[N+](C)(C)C)C(=O)[O-]. The number of carboxylic acids is 1. The molecule has 0 N–H and O–H groups in total. The van der Waals surface area contributed by atoms with Gasteiger partial charge in [0, 0.05) is 12.8 Å².